The van der Waals surface area contributed by atoms with Crippen LogP contribution in [-0.2, 0) is 17.1 Å². The van der Waals surface area contributed by atoms with Crippen molar-refractivity contribution < 1.29 is 18.4 Å². The smallest absolute Gasteiger partial charge is 0.297 e. The number of hydrogen-bond donors (Lipinski definition) is 2. The lowest BCUT2D eigenvalue weighted by molar-refractivity contribution is -0.383. The van der Waals surface area contributed by atoms with Crippen LogP contribution in [0.1, 0.15) is 5.82 Å². The predicted molar refractivity (Wildman–Crippen MR) is 73.5 cm³/mol. The molecule has 112 valence electrons. The number of rotatable bonds is 4. The third kappa shape index (κ3) is 2.79. The van der Waals surface area contributed by atoms with Crippen LogP contribution < -0.4 is 4.72 Å². The topological polar surface area (TPSA) is 127 Å². The number of sulfonamides is 1. The first kappa shape index (κ1) is 14.8. The molecule has 0 radical (unpaired) electrons. The van der Waals surface area contributed by atoms with Gasteiger partial charge in [-0.1, -0.05) is 6.07 Å². The molecule has 0 bridgehead atoms. The van der Waals surface area contributed by atoms with Crippen molar-refractivity contribution in [3.8, 4) is 5.75 Å². The van der Waals surface area contributed by atoms with Crippen molar-refractivity contribution in [2.24, 2.45) is 7.05 Å². The van der Waals surface area contributed by atoms with E-state index < -0.39 is 32.1 Å². The summed E-state index contributed by atoms with van der Waals surface area (Å²) in [5.74, 6) is -0.0809. The molecule has 1 aromatic carbocycles. The molecule has 10 heteroatoms. The third-order valence-corrected chi connectivity index (χ3v) is 4.04. The Bertz CT molecular complexity index is 793. The van der Waals surface area contributed by atoms with Gasteiger partial charge in [-0.15, -0.1) is 0 Å². The van der Waals surface area contributed by atoms with Crippen LogP contribution in [0.25, 0.3) is 0 Å². The maximum Gasteiger partial charge on any atom is 0.297 e. The number of phenolic OH excluding ortho intramolecular Hbond substituents is 1. The summed E-state index contributed by atoms with van der Waals surface area (Å²) in [7, 11) is -2.53. The van der Waals surface area contributed by atoms with Crippen LogP contribution in [0.2, 0.25) is 0 Å². The largest absolute Gasteiger partial charge is 0.505 e. The SMILES string of the molecule is Cc1nc(S(=O)(=O)Nc2c(O)cccc2[N+](=O)[O-])cn1C. The molecule has 0 saturated carbocycles. The molecule has 2 N–H and O–H groups in total. The van der Waals surface area contributed by atoms with Gasteiger partial charge in [-0.05, 0) is 13.0 Å². The zero-order valence-electron chi connectivity index (χ0n) is 11.1. The molecule has 0 unspecified atom stereocenters. The molecule has 0 spiro atoms. The molecule has 0 fully saturated rings. The Hall–Kier alpha value is -2.62. The van der Waals surface area contributed by atoms with Crippen molar-refractivity contribution >= 4 is 21.4 Å². The zero-order valence-corrected chi connectivity index (χ0v) is 12.0. The Balaban J connectivity index is 2.49. The van der Waals surface area contributed by atoms with Gasteiger partial charge < -0.3 is 9.67 Å². The number of nitrogens with zero attached hydrogens (tertiary/aromatic N) is 3. The Morgan fingerprint density at radius 1 is 1.43 bits per heavy atom. The molecular weight excluding hydrogens is 300 g/mol. The summed E-state index contributed by atoms with van der Waals surface area (Å²) in [4.78, 5) is 13.9. The van der Waals surface area contributed by atoms with Gasteiger partial charge >= 0.3 is 0 Å². The quantitative estimate of drug-likeness (QED) is 0.495. The molecule has 21 heavy (non-hydrogen) atoms. The van der Waals surface area contributed by atoms with Gasteiger partial charge in [-0.25, -0.2) is 4.98 Å². The average molecular weight is 312 g/mol. The van der Waals surface area contributed by atoms with E-state index in [1.165, 1.54) is 16.8 Å². The Morgan fingerprint density at radius 2 is 2.10 bits per heavy atom. The van der Waals surface area contributed by atoms with Gasteiger partial charge in [0, 0.05) is 19.3 Å². The second-order valence-corrected chi connectivity index (χ2v) is 5.90. The predicted octanol–water partition coefficient (Wildman–Crippen LogP) is 1.14. The molecule has 2 aromatic rings. The van der Waals surface area contributed by atoms with Crippen molar-refractivity contribution in [2.45, 2.75) is 11.9 Å². The highest BCUT2D eigenvalue weighted by molar-refractivity contribution is 7.92. The van der Waals surface area contributed by atoms with E-state index in [4.69, 9.17) is 0 Å². The van der Waals surface area contributed by atoms with Crippen LogP contribution in [0.3, 0.4) is 0 Å². The van der Waals surface area contributed by atoms with Crippen LogP contribution in [-0.4, -0.2) is 28.0 Å². The second-order valence-electron chi connectivity index (χ2n) is 4.27. The van der Waals surface area contributed by atoms with Crippen LogP contribution in [0.5, 0.6) is 5.75 Å². The molecule has 1 aromatic heterocycles. The van der Waals surface area contributed by atoms with Crippen LogP contribution in [0.4, 0.5) is 11.4 Å². The van der Waals surface area contributed by atoms with Crippen molar-refractivity contribution in [1.29, 1.82) is 0 Å². The zero-order chi connectivity index (χ0) is 15.8. The van der Waals surface area contributed by atoms with Gasteiger partial charge in [0.2, 0.25) is 0 Å². The maximum absolute atomic E-state index is 12.2. The number of aryl methyl sites for hydroxylation is 2. The van der Waals surface area contributed by atoms with Gasteiger partial charge in [0.25, 0.3) is 15.7 Å². The fraction of sp³-hybridized carbons (Fsp3) is 0.182. The molecular formula is C11H12N4O5S. The Labute approximate surface area is 120 Å². The van der Waals surface area contributed by atoms with Crippen LogP contribution in [0.15, 0.2) is 29.4 Å². The number of imidazole rings is 1. The summed E-state index contributed by atoms with van der Waals surface area (Å²) in [6, 6.07) is 3.48. The Morgan fingerprint density at radius 3 is 2.62 bits per heavy atom. The van der Waals surface area contributed by atoms with Crippen molar-refractivity contribution in [2.75, 3.05) is 4.72 Å². The van der Waals surface area contributed by atoms with E-state index in [1.54, 1.807) is 14.0 Å². The molecule has 1 heterocycles. The minimum atomic E-state index is -4.14. The molecule has 0 aliphatic carbocycles. The molecule has 0 aliphatic heterocycles. The van der Waals surface area contributed by atoms with E-state index in [0.717, 1.165) is 12.1 Å². The minimum Gasteiger partial charge on any atom is -0.505 e. The summed E-state index contributed by atoms with van der Waals surface area (Å²) in [6.07, 6.45) is 1.27. The number of aromatic nitrogens is 2. The number of aromatic hydroxyl groups is 1. The monoisotopic (exact) mass is 312 g/mol. The molecule has 9 nitrogen and oxygen atoms in total. The number of anilines is 1. The van der Waals surface area contributed by atoms with E-state index in [-0.39, 0.29) is 5.03 Å². The first-order valence-corrected chi connectivity index (χ1v) is 7.20. The lowest BCUT2D eigenvalue weighted by atomic mass is 10.2. The van der Waals surface area contributed by atoms with E-state index in [0.29, 0.717) is 5.82 Å². The average Bonchev–Trinajstić information content (AvgIpc) is 2.72. The normalized spacial score (nSPS) is 11.3. The van der Waals surface area contributed by atoms with Gasteiger partial charge in [-0.2, -0.15) is 8.42 Å². The highest BCUT2D eigenvalue weighted by Gasteiger charge is 2.25. The second kappa shape index (κ2) is 5.05. The van der Waals surface area contributed by atoms with Gasteiger partial charge in [0.1, 0.15) is 11.6 Å². The van der Waals surface area contributed by atoms with Crippen molar-refractivity contribution in [3.05, 3.63) is 40.3 Å². The molecule has 0 atom stereocenters. The standard InChI is InChI=1S/C11H12N4O5S/c1-7-12-10(6-14(7)2)21(19,20)13-11-8(15(17)18)4-3-5-9(11)16/h3-6,13,16H,1-2H3. The molecule has 2 rings (SSSR count). The highest BCUT2D eigenvalue weighted by Crippen LogP contribution is 2.34. The first-order chi connectivity index (χ1) is 9.72. The number of nitro groups is 1. The van der Waals surface area contributed by atoms with Gasteiger partial charge in [0.05, 0.1) is 4.92 Å². The number of hydrogen-bond acceptors (Lipinski definition) is 6. The maximum atomic E-state index is 12.2. The minimum absolute atomic E-state index is 0.292. The molecule has 0 saturated heterocycles. The molecule has 0 aliphatic rings. The lowest BCUT2D eigenvalue weighted by Crippen LogP contribution is -2.14. The molecule has 0 amide bonds. The number of nitro benzene ring substituents is 1. The number of phenols is 1. The summed E-state index contributed by atoms with van der Waals surface area (Å²) in [6.45, 7) is 1.61. The van der Waals surface area contributed by atoms with Crippen molar-refractivity contribution in [1.82, 2.24) is 9.55 Å². The Kier molecular flexibility index (Phi) is 3.56. The first-order valence-electron chi connectivity index (χ1n) is 5.71. The van der Waals surface area contributed by atoms with Crippen LogP contribution in [0, 0.1) is 17.0 Å². The fourth-order valence-electron chi connectivity index (χ4n) is 1.63. The van der Waals surface area contributed by atoms with E-state index in [2.05, 4.69) is 4.98 Å². The van der Waals surface area contributed by atoms with Gasteiger partial charge in [0.15, 0.2) is 10.7 Å². The summed E-state index contributed by atoms with van der Waals surface area (Å²) < 4.78 is 27.8. The van der Waals surface area contributed by atoms with E-state index in [9.17, 15) is 23.6 Å². The fourth-order valence-corrected chi connectivity index (χ4v) is 2.76. The number of para-hydroxylation sites is 1. The summed E-state index contributed by atoms with van der Waals surface area (Å²) in [5.41, 5.74) is -1.04. The number of benzene rings is 1. The third-order valence-electron chi connectivity index (χ3n) is 2.82. The van der Waals surface area contributed by atoms with Gasteiger partial charge in [-0.3, -0.25) is 14.8 Å². The highest BCUT2D eigenvalue weighted by atomic mass is 32.2. The van der Waals surface area contributed by atoms with Crippen molar-refractivity contribution in [3.63, 3.8) is 0 Å². The summed E-state index contributed by atoms with van der Waals surface area (Å²) in [5, 5.41) is 20.3. The van der Waals surface area contributed by atoms with E-state index >= 15 is 0 Å². The number of nitrogens with one attached hydrogen (secondary N) is 1. The van der Waals surface area contributed by atoms with E-state index in [1.807, 2.05) is 4.72 Å². The van der Waals surface area contributed by atoms with Crippen LogP contribution >= 0.6 is 0 Å². The summed E-state index contributed by atoms with van der Waals surface area (Å²) >= 11 is 0. The lowest BCUT2D eigenvalue weighted by Gasteiger charge is -2.08.